The summed E-state index contributed by atoms with van der Waals surface area (Å²) in [6.45, 7) is 4.22. The van der Waals surface area contributed by atoms with E-state index in [1.54, 1.807) is 0 Å². The topological polar surface area (TPSA) is 76.4 Å². The third-order valence-corrected chi connectivity index (χ3v) is 5.09. The first-order chi connectivity index (χ1) is 11.7. The van der Waals surface area contributed by atoms with Crippen molar-refractivity contribution in [1.29, 1.82) is 5.26 Å². The standard InChI is InChI=1S/C19H23N3O2/c1-13-9-14(10-20)4-5-15(13)16-6-7-21-11-17(16)18(12-23)22-8-2-3-19(22)24/h4-6,9,12,17-19,21,24H,2-3,7-8,11H2,1H3/t17-,18?,19+/m0/s1. The highest BCUT2D eigenvalue weighted by Crippen LogP contribution is 2.33. The predicted octanol–water partition coefficient (Wildman–Crippen LogP) is 1.45. The second-order valence-corrected chi connectivity index (χ2v) is 6.55. The van der Waals surface area contributed by atoms with Gasteiger partial charge in [-0.3, -0.25) is 4.90 Å². The second kappa shape index (κ2) is 7.27. The first-order valence-corrected chi connectivity index (χ1v) is 8.46. The zero-order valence-corrected chi connectivity index (χ0v) is 13.9. The Balaban J connectivity index is 1.95. The van der Waals surface area contributed by atoms with Gasteiger partial charge in [0, 0.05) is 25.6 Å². The maximum absolute atomic E-state index is 11.8. The number of nitriles is 1. The Labute approximate surface area is 142 Å². The average Bonchev–Trinajstić information content (AvgIpc) is 3.02. The zero-order valence-electron chi connectivity index (χ0n) is 13.9. The molecule has 2 aliphatic heterocycles. The fourth-order valence-corrected chi connectivity index (χ4v) is 3.88. The summed E-state index contributed by atoms with van der Waals surface area (Å²) in [5.74, 6) is -0.00404. The van der Waals surface area contributed by atoms with E-state index in [0.717, 1.165) is 48.9 Å². The van der Waals surface area contributed by atoms with Crippen molar-refractivity contribution in [3.8, 4) is 6.07 Å². The summed E-state index contributed by atoms with van der Waals surface area (Å²) >= 11 is 0. The summed E-state index contributed by atoms with van der Waals surface area (Å²) < 4.78 is 0. The van der Waals surface area contributed by atoms with Crippen LogP contribution in [0.3, 0.4) is 0 Å². The average molecular weight is 325 g/mol. The molecule has 1 aromatic rings. The van der Waals surface area contributed by atoms with E-state index in [1.807, 2.05) is 30.0 Å². The predicted molar refractivity (Wildman–Crippen MR) is 92.0 cm³/mol. The maximum atomic E-state index is 11.8. The highest BCUT2D eigenvalue weighted by atomic mass is 16.3. The van der Waals surface area contributed by atoms with Crippen molar-refractivity contribution in [3.63, 3.8) is 0 Å². The van der Waals surface area contributed by atoms with Crippen LogP contribution in [0.1, 0.15) is 29.5 Å². The Morgan fingerprint density at radius 2 is 2.33 bits per heavy atom. The molecule has 1 saturated heterocycles. The summed E-state index contributed by atoms with van der Waals surface area (Å²) in [4.78, 5) is 13.8. The van der Waals surface area contributed by atoms with Gasteiger partial charge in [-0.25, -0.2) is 0 Å². The highest BCUT2D eigenvalue weighted by molar-refractivity contribution is 5.76. The monoisotopic (exact) mass is 325 g/mol. The van der Waals surface area contributed by atoms with Crippen LogP contribution < -0.4 is 5.32 Å². The largest absolute Gasteiger partial charge is 0.378 e. The molecular weight excluding hydrogens is 302 g/mol. The molecule has 1 fully saturated rings. The Kier molecular flexibility index (Phi) is 5.10. The van der Waals surface area contributed by atoms with Crippen LogP contribution in [-0.4, -0.2) is 48.2 Å². The van der Waals surface area contributed by atoms with Gasteiger partial charge in [0.1, 0.15) is 12.5 Å². The number of likely N-dealkylation sites (tertiary alicyclic amines) is 1. The molecule has 24 heavy (non-hydrogen) atoms. The molecule has 2 heterocycles. The van der Waals surface area contributed by atoms with Gasteiger partial charge in [-0.05, 0) is 48.6 Å². The summed E-state index contributed by atoms with van der Waals surface area (Å²) in [5.41, 5.74) is 3.90. The maximum Gasteiger partial charge on any atom is 0.137 e. The number of nitrogens with zero attached hydrogens (tertiary/aromatic N) is 2. The zero-order chi connectivity index (χ0) is 17.1. The van der Waals surface area contributed by atoms with Gasteiger partial charge in [-0.1, -0.05) is 12.1 Å². The Hall–Kier alpha value is -2.00. The van der Waals surface area contributed by atoms with E-state index < -0.39 is 6.23 Å². The number of benzene rings is 1. The number of hydrogen-bond donors (Lipinski definition) is 2. The van der Waals surface area contributed by atoms with E-state index in [9.17, 15) is 9.90 Å². The van der Waals surface area contributed by atoms with Crippen LogP contribution in [-0.2, 0) is 4.79 Å². The normalized spacial score (nSPS) is 25.8. The summed E-state index contributed by atoms with van der Waals surface area (Å²) in [7, 11) is 0. The smallest absolute Gasteiger partial charge is 0.137 e. The molecule has 0 spiro atoms. The van der Waals surface area contributed by atoms with E-state index in [4.69, 9.17) is 5.26 Å². The van der Waals surface area contributed by atoms with Gasteiger partial charge < -0.3 is 15.2 Å². The molecule has 0 aliphatic carbocycles. The van der Waals surface area contributed by atoms with Crippen LogP contribution in [0.2, 0.25) is 0 Å². The molecule has 2 N–H and O–H groups in total. The lowest BCUT2D eigenvalue weighted by Crippen LogP contribution is -2.49. The SMILES string of the molecule is Cc1cc(C#N)ccc1C1=CCNC[C@@H]1C(C=O)N1CCC[C@H]1O. The van der Waals surface area contributed by atoms with Crippen molar-refractivity contribution in [1.82, 2.24) is 10.2 Å². The Bertz CT molecular complexity index is 692. The molecule has 0 bridgehead atoms. The summed E-state index contributed by atoms with van der Waals surface area (Å²) in [6.07, 6.45) is 4.20. The van der Waals surface area contributed by atoms with Gasteiger partial charge in [0.15, 0.2) is 0 Å². The fourth-order valence-electron chi connectivity index (χ4n) is 3.88. The van der Waals surface area contributed by atoms with Crippen molar-refractivity contribution >= 4 is 11.9 Å². The molecular formula is C19H23N3O2. The van der Waals surface area contributed by atoms with E-state index in [0.29, 0.717) is 12.1 Å². The summed E-state index contributed by atoms with van der Waals surface area (Å²) in [6, 6.07) is 7.51. The molecule has 3 atom stereocenters. The van der Waals surface area contributed by atoms with Crippen LogP contribution >= 0.6 is 0 Å². The van der Waals surface area contributed by atoms with Crippen LogP contribution in [0.4, 0.5) is 0 Å². The minimum Gasteiger partial charge on any atom is -0.378 e. The molecule has 0 aromatic heterocycles. The molecule has 0 amide bonds. The van der Waals surface area contributed by atoms with E-state index in [1.165, 1.54) is 0 Å². The Morgan fingerprint density at radius 3 is 2.96 bits per heavy atom. The number of nitrogens with one attached hydrogen (secondary N) is 1. The van der Waals surface area contributed by atoms with Gasteiger partial charge in [-0.2, -0.15) is 5.26 Å². The lowest BCUT2D eigenvalue weighted by atomic mass is 9.82. The lowest BCUT2D eigenvalue weighted by molar-refractivity contribution is -0.117. The minimum absolute atomic E-state index is 0.00404. The number of aldehydes is 1. The fraction of sp³-hybridized carbons (Fsp3) is 0.474. The number of aryl methyl sites for hydroxylation is 1. The van der Waals surface area contributed by atoms with Crippen LogP contribution in [0, 0.1) is 24.2 Å². The molecule has 3 rings (SSSR count). The number of carbonyl (C=O) groups is 1. The molecule has 0 radical (unpaired) electrons. The lowest BCUT2D eigenvalue weighted by Gasteiger charge is -2.36. The van der Waals surface area contributed by atoms with Crippen molar-refractivity contribution in [2.75, 3.05) is 19.6 Å². The first-order valence-electron chi connectivity index (χ1n) is 8.46. The first kappa shape index (κ1) is 16.8. The molecule has 0 saturated carbocycles. The van der Waals surface area contributed by atoms with Crippen LogP contribution in [0.5, 0.6) is 0 Å². The van der Waals surface area contributed by atoms with E-state index >= 15 is 0 Å². The van der Waals surface area contributed by atoms with Crippen molar-refractivity contribution in [3.05, 3.63) is 41.0 Å². The minimum atomic E-state index is -0.537. The molecule has 126 valence electrons. The van der Waals surface area contributed by atoms with Crippen molar-refractivity contribution in [2.24, 2.45) is 5.92 Å². The summed E-state index contributed by atoms with van der Waals surface area (Å²) in [5, 5.41) is 22.6. The molecule has 5 nitrogen and oxygen atoms in total. The van der Waals surface area contributed by atoms with E-state index in [2.05, 4.69) is 17.5 Å². The molecule has 5 heteroatoms. The van der Waals surface area contributed by atoms with Gasteiger partial charge in [0.2, 0.25) is 0 Å². The number of aliphatic hydroxyl groups is 1. The van der Waals surface area contributed by atoms with Crippen LogP contribution in [0.15, 0.2) is 24.3 Å². The third kappa shape index (κ3) is 3.13. The van der Waals surface area contributed by atoms with E-state index in [-0.39, 0.29) is 12.0 Å². The van der Waals surface area contributed by atoms with Gasteiger partial charge in [0.25, 0.3) is 0 Å². The third-order valence-electron chi connectivity index (χ3n) is 5.09. The number of carbonyl (C=O) groups excluding carboxylic acids is 1. The number of hydrogen-bond acceptors (Lipinski definition) is 5. The Morgan fingerprint density at radius 1 is 1.50 bits per heavy atom. The highest BCUT2D eigenvalue weighted by Gasteiger charge is 2.37. The number of aliphatic hydroxyl groups excluding tert-OH is 1. The van der Waals surface area contributed by atoms with Crippen molar-refractivity contribution < 1.29 is 9.90 Å². The second-order valence-electron chi connectivity index (χ2n) is 6.55. The quantitative estimate of drug-likeness (QED) is 0.820. The number of rotatable bonds is 4. The van der Waals surface area contributed by atoms with Gasteiger partial charge in [0.05, 0.1) is 17.7 Å². The van der Waals surface area contributed by atoms with Gasteiger partial charge in [-0.15, -0.1) is 0 Å². The van der Waals surface area contributed by atoms with Crippen LogP contribution in [0.25, 0.3) is 5.57 Å². The molecule has 1 aromatic carbocycles. The van der Waals surface area contributed by atoms with Gasteiger partial charge >= 0.3 is 0 Å². The van der Waals surface area contributed by atoms with Crippen molar-refractivity contribution in [2.45, 2.75) is 32.0 Å². The molecule has 2 aliphatic rings. The molecule has 1 unspecified atom stereocenters.